The Bertz CT molecular complexity index is 794. The molecule has 2 N–H and O–H groups in total. The van der Waals surface area contributed by atoms with E-state index in [1.807, 2.05) is 24.3 Å². The highest BCUT2D eigenvalue weighted by Gasteiger charge is 2.15. The van der Waals surface area contributed by atoms with E-state index in [4.69, 9.17) is 11.6 Å². The first-order valence-electron chi connectivity index (χ1n) is 9.56. The number of carbonyl (C=O) groups excluding carboxylic acids is 1. The summed E-state index contributed by atoms with van der Waals surface area (Å²) in [6.45, 7) is 3.59. The van der Waals surface area contributed by atoms with E-state index in [1.165, 1.54) is 43.9 Å². The molecular weight excluding hydrogens is 378 g/mol. The second kappa shape index (κ2) is 11.3. The van der Waals surface area contributed by atoms with Crippen molar-refractivity contribution < 1.29 is 9.72 Å². The summed E-state index contributed by atoms with van der Waals surface area (Å²) >= 11 is 5.99. The van der Waals surface area contributed by atoms with Gasteiger partial charge < -0.3 is 10.6 Å². The van der Waals surface area contributed by atoms with Gasteiger partial charge in [0.25, 0.3) is 11.6 Å². The minimum absolute atomic E-state index is 0.110. The van der Waals surface area contributed by atoms with Crippen molar-refractivity contribution in [3.8, 4) is 0 Å². The van der Waals surface area contributed by atoms with Crippen molar-refractivity contribution in [1.29, 1.82) is 0 Å². The third-order valence-electron chi connectivity index (χ3n) is 4.42. The van der Waals surface area contributed by atoms with Crippen molar-refractivity contribution in [2.45, 2.75) is 39.0 Å². The Morgan fingerprint density at radius 3 is 2.50 bits per heavy atom. The molecule has 0 atom stereocenters. The lowest BCUT2D eigenvalue weighted by Crippen LogP contribution is -2.26. The Morgan fingerprint density at radius 1 is 1.07 bits per heavy atom. The van der Waals surface area contributed by atoms with Gasteiger partial charge in [-0.2, -0.15) is 0 Å². The van der Waals surface area contributed by atoms with Crippen LogP contribution in [0.5, 0.6) is 0 Å². The maximum Gasteiger partial charge on any atom is 0.270 e. The molecule has 0 fully saturated rings. The molecular formula is C21H26ClN3O3. The largest absolute Gasteiger partial charge is 0.385 e. The number of nitro benzene ring substituents is 1. The van der Waals surface area contributed by atoms with E-state index in [-0.39, 0.29) is 16.3 Å². The fraction of sp³-hybridized carbons (Fsp3) is 0.381. The lowest BCUT2D eigenvalue weighted by molar-refractivity contribution is -0.384. The molecule has 0 bridgehead atoms. The molecule has 0 aliphatic carbocycles. The van der Waals surface area contributed by atoms with Crippen LogP contribution in [0.3, 0.4) is 0 Å². The van der Waals surface area contributed by atoms with E-state index in [0.29, 0.717) is 13.0 Å². The number of rotatable bonds is 11. The highest BCUT2D eigenvalue weighted by Crippen LogP contribution is 2.22. The number of benzene rings is 2. The average molecular weight is 404 g/mol. The fourth-order valence-corrected chi connectivity index (χ4v) is 2.99. The lowest BCUT2D eigenvalue weighted by Gasteiger charge is -2.09. The summed E-state index contributed by atoms with van der Waals surface area (Å²) in [4.78, 5) is 22.6. The number of hydrogen-bond acceptors (Lipinski definition) is 4. The zero-order valence-corrected chi connectivity index (χ0v) is 16.8. The highest BCUT2D eigenvalue weighted by atomic mass is 35.5. The highest BCUT2D eigenvalue weighted by molar-refractivity contribution is 6.33. The topological polar surface area (TPSA) is 84.3 Å². The molecule has 0 saturated carbocycles. The monoisotopic (exact) mass is 403 g/mol. The smallest absolute Gasteiger partial charge is 0.270 e. The Labute approximate surface area is 170 Å². The van der Waals surface area contributed by atoms with Crippen LogP contribution in [0, 0.1) is 10.1 Å². The molecule has 2 aromatic carbocycles. The van der Waals surface area contributed by atoms with Crippen LogP contribution in [0.2, 0.25) is 5.02 Å². The van der Waals surface area contributed by atoms with Gasteiger partial charge in [-0.3, -0.25) is 14.9 Å². The molecule has 0 heterocycles. The first-order valence-corrected chi connectivity index (χ1v) is 9.94. The molecule has 0 aromatic heterocycles. The van der Waals surface area contributed by atoms with Gasteiger partial charge in [0.1, 0.15) is 0 Å². The number of unbranched alkanes of at least 4 members (excludes halogenated alkanes) is 3. The summed E-state index contributed by atoms with van der Waals surface area (Å²) in [6.07, 6.45) is 5.58. The number of non-ortho nitro benzene ring substituents is 1. The summed E-state index contributed by atoms with van der Waals surface area (Å²) in [6, 6.07) is 12.0. The van der Waals surface area contributed by atoms with Crippen LogP contribution in [0.15, 0.2) is 42.5 Å². The van der Waals surface area contributed by atoms with E-state index >= 15 is 0 Å². The molecule has 0 saturated heterocycles. The van der Waals surface area contributed by atoms with Crippen molar-refractivity contribution in [3.63, 3.8) is 0 Å². The first-order chi connectivity index (χ1) is 13.5. The molecule has 28 heavy (non-hydrogen) atoms. The SMILES string of the molecule is CCCCCCNc1ccc(CCNC(=O)c2cc([N+](=O)[O-])ccc2Cl)cc1. The predicted molar refractivity (Wildman–Crippen MR) is 113 cm³/mol. The van der Waals surface area contributed by atoms with Gasteiger partial charge in [-0.25, -0.2) is 0 Å². The van der Waals surface area contributed by atoms with Crippen molar-refractivity contribution in [1.82, 2.24) is 5.32 Å². The van der Waals surface area contributed by atoms with Crippen LogP contribution >= 0.6 is 11.6 Å². The molecule has 1 amide bonds. The number of nitrogens with zero attached hydrogens (tertiary/aromatic N) is 1. The molecule has 0 aliphatic heterocycles. The van der Waals surface area contributed by atoms with Crippen molar-refractivity contribution in [3.05, 3.63) is 68.7 Å². The van der Waals surface area contributed by atoms with Gasteiger partial charge in [0.15, 0.2) is 0 Å². The Balaban J connectivity index is 1.79. The van der Waals surface area contributed by atoms with Crippen molar-refractivity contribution >= 4 is 28.9 Å². The summed E-state index contributed by atoms with van der Waals surface area (Å²) in [5, 5.41) is 17.2. The number of nitrogens with one attached hydrogen (secondary N) is 2. The maximum absolute atomic E-state index is 12.2. The Hall–Kier alpha value is -2.60. The van der Waals surface area contributed by atoms with Gasteiger partial charge in [0.05, 0.1) is 15.5 Å². The van der Waals surface area contributed by atoms with E-state index in [0.717, 1.165) is 17.8 Å². The summed E-state index contributed by atoms with van der Waals surface area (Å²) in [5.74, 6) is -0.418. The van der Waals surface area contributed by atoms with E-state index in [1.54, 1.807) is 0 Å². The zero-order valence-electron chi connectivity index (χ0n) is 16.0. The number of nitro groups is 1. The number of carbonyl (C=O) groups is 1. The van der Waals surface area contributed by atoms with Crippen LogP contribution in [0.1, 0.15) is 48.5 Å². The van der Waals surface area contributed by atoms with E-state index < -0.39 is 10.8 Å². The standard InChI is InChI=1S/C21H26ClN3O3/c1-2-3-4-5-13-23-17-8-6-16(7-9-17)12-14-24-21(26)19-15-18(25(27)28)10-11-20(19)22/h6-11,15,23H,2-5,12-14H2,1H3,(H,24,26). The predicted octanol–water partition coefficient (Wildman–Crippen LogP) is 5.21. The van der Waals surface area contributed by atoms with Gasteiger partial charge in [0.2, 0.25) is 0 Å². The maximum atomic E-state index is 12.2. The van der Waals surface area contributed by atoms with Crippen LogP contribution in [0.25, 0.3) is 0 Å². The molecule has 150 valence electrons. The summed E-state index contributed by atoms with van der Waals surface area (Å²) in [7, 11) is 0. The third kappa shape index (κ3) is 6.85. The van der Waals surface area contributed by atoms with Gasteiger partial charge >= 0.3 is 0 Å². The minimum Gasteiger partial charge on any atom is -0.385 e. The van der Waals surface area contributed by atoms with Crippen LogP contribution in [-0.4, -0.2) is 23.9 Å². The Kier molecular flexibility index (Phi) is 8.75. The normalized spacial score (nSPS) is 10.5. The number of hydrogen-bond donors (Lipinski definition) is 2. The number of anilines is 1. The molecule has 0 aliphatic rings. The quantitative estimate of drug-likeness (QED) is 0.306. The van der Waals surface area contributed by atoms with Crippen LogP contribution in [-0.2, 0) is 6.42 Å². The third-order valence-corrected chi connectivity index (χ3v) is 4.75. The van der Waals surface area contributed by atoms with Crippen LogP contribution < -0.4 is 10.6 Å². The number of halogens is 1. The average Bonchev–Trinajstić information content (AvgIpc) is 2.69. The second-order valence-electron chi connectivity index (χ2n) is 6.61. The molecule has 0 unspecified atom stereocenters. The molecule has 2 rings (SSSR count). The van der Waals surface area contributed by atoms with E-state index in [2.05, 4.69) is 17.6 Å². The molecule has 0 spiro atoms. The van der Waals surface area contributed by atoms with Gasteiger partial charge in [-0.1, -0.05) is 49.9 Å². The summed E-state index contributed by atoms with van der Waals surface area (Å²) < 4.78 is 0. The van der Waals surface area contributed by atoms with Gasteiger partial charge in [0, 0.05) is 30.9 Å². The molecule has 2 aromatic rings. The summed E-state index contributed by atoms with van der Waals surface area (Å²) in [5.41, 5.74) is 2.14. The van der Waals surface area contributed by atoms with Gasteiger partial charge in [-0.05, 0) is 36.6 Å². The lowest BCUT2D eigenvalue weighted by atomic mass is 10.1. The molecule has 7 heteroatoms. The zero-order chi connectivity index (χ0) is 20.4. The molecule has 6 nitrogen and oxygen atoms in total. The Morgan fingerprint density at radius 2 is 1.82 bits per heavy atom. The second-order valence-corrected chi connectivity index (χ2v) is 7.02. The van der Waals surface area contributed by atoms with Crippen molar-refractivity contribution in [2.75, 3.05) is 18.4 Å². The minimum atomic E-state index is -0.549. The first kappa shape index (κ1) is 21.7. The fourth-order valence-electron chi connectivity index (χ4n) is 2.79. The number of amides is 1. The molecule has 0 radical (unpaired) electrons. The van der Waals surface area contributed by atoms with E-state index in [9.17, 15) is 14.9 Å². The van der Waals surface area contributed by atoms with Crippen LogP contribution in [0.4, 0.5) is 11.4 Å². The van der Waals surface area contributed by atoms with Crippen molar-refractivity contribution in [2.24, 2.45) is 0 Å². The van der Waals surface area contributed by atoms with Gasteiger partial charge in [-0.15, -0.1) is 0 Å².